The lowest BCUT2D eigenvalue weighted by atomic mass is 9.76. The van der Waals surface area contributed by atoms with E-state index in [0.717, 1.165) is 32.2 Å². The molecule has 1 heterocycles. The fourth-order valence-corrected chi connectivity index (χ4v) is 3.52. The number of benzene rings is 1. The third-order valence-electron chi connectivity index (χ3n) is 4.90. The molecule has 0 radical (unpaired) electrons. The van der Waals surface area contributed by atoms with Gasteiger partial charge in [-0.1, -0.05) is 43.2 Å². The van der Waals surface area contributed by atoms with Gasteiger partial charge in [-0.05, 0) is 45.2 Å². The van der Waals surface area contributed by atoms with Crippen molar-refractivity contribution in [3.63, 3.8) is 0 Å². The maximum Gasteiger partial charge on any atom is 0.310 e. The lowest BCUT2D eigenvalue weighted by Crippen LogP contribution is -2.48. The Morgan fingerprint density at radius 2 is 2.05 bits per heavy atom. The summed E-state index contributed by atoms with van der Waals surface area (Å²) in [5, 5.41) is 9.70. The summed E-state index contributed by atoms with van der Waals surface area (Å²) in [6, 6.07) is 8.87. The van der Waals surface area contributed by atoms with Crippen LogP contribution in [-0.2, 0) is 4.79 Å². The van der Waals surface area contributed by atoms with Crippen molar-refractivity contribution in [2.24, 2.45) is 5.41 Å². The molecule has 0 spiro atoms. The van der Waals surface area contributed by atoms with Crippen LogP contribution in [0.4, 0.5) is 0 Å². The molecular weight excluding hydrogens is 262 g/mol. The molecule has 2 atom stereocenters. The molecule has 1 saturated heterocycles. The monoisotopic (exact) mass is 289 g/mol. The van der Waals surface area contributed by atoms with Crippen LogP contribution in [0.3, 0.4) is 0 Å². The van der Waals surface area contributed by atoms with Crippen LogP contribution >= 0.6 is 0 Å². The van der Waals surface area contributed by atoms with Crippen molar-refractivity contribution < 1.29 is 9.90 Å². The summed E-state index contributed by atoms with van der Waals surface area (Å²) in [4.78, 5) is 14.1. The van der Waals surface area contributed by atoms with Gasteiger partial charge in [-0.25, -0.2) is 0 Å². The lowest BCUT2D eigenvalue weighted by Gasteiger charge is -2.42. The highest BCUT2D eigenvalue weighted by molar-refractivity contribution is 5.75. The molecule has 0 amide bonds. The van der Waals surface area contributed by atoms with Crippen molar-refractivity contribution in [1.82, 2.24) is 4.90 Å². The van der Waals surface area contributed by atoms with Gasteiger partial charge in [0, 0.05) is 12.6 Å². The molecule has 0 aliphatic carbocycles. The standard InChI is InChI=1S/C18H27NO2/c1-4-10-18(17(20)21)11-5-12-19(13-18)15(3)16-8-6-14(2)7-9-16/h6-9,15H,4-5,10-13H2,1-3H3,(H,20,21). The van der Waals surface area contributed by atoms with Crippen LogP contribution < -0.4 is 0 Å². The van der Waals surface area contributed by atoms with Gasteiger partial charge in [-0.15, -0.1) is 0 Å². The molecule has 1 aromatic carbocycles. The Bertz CT molecular complexity index is 478. The zero-order valence-electron chi connectivity index (χ0n) is 13.4. The Labute approximate surface area is 128 Å². The van der Waals surface area contributed by atoms with Gasteiger partial charge in [0.05, 0.1) is 5.41 Å². The van der Waals surface area contributed by atoms with Crippen LogP contribution in [-0.4, -0.2) is 29.1 Å². The number of nitrogens with zero attached hydrogens (tertiary/aromatic N) is 1. The first-order valence-electron chi connectivity index (χ1n) is 8.02. The first kappa shape index (κ1) is 16.0. The number of aryl methyl sites for hydroxylation is 1. The Balaban J connectivity index is 2.16. The molecule has 3 heteroatoms. The van der Waals surface area contributed by atoms with E-state index < -0.39 is 11.4 Å². The Kier molecular flexibility index (Phi) is 5.04. The molecule has 3 nitrogen and oxygen atoms in total. The van der Waals surface area contributed by atoms with Crippen molar-refractivity contribution in [3.8, 4) is 0 Å². The molecule has 1 aliphatic heterocycles. The third kappa shape index (κ3) is 3.46. The van der Waals surface area contributed by atoms with Crippen molar-refractivity contribution >= 4 is 5.97 Å². The molecular formula is C18H27NO2. The summed E-state index contributed by atoms with van der Waals surface area (Å²) < 4.78 is 0. The molecule has 2 rings (SSSR count). The summed E-state index contributed by atoms with van der Waals surface area (Å²) in [6.07, 6.45) is 3.49. The third-order valence-corrected chi connectivity index (χ3v) is 4.90. The Morgan fingerprint density at radius 1 is 1.38 bits per heavy atom. The number of carboxylic acid groups (broad SMARTS) is 1. The minimum absolute atomic E-state index is 0.279. The number of aliphatic carboxylic acids is 1. The second-order valence-corrected chi connectivity index (χ2v) is 6.50. The lowest BCUT2D eigenvalue weighted by molar-refractivity contribution is -0.154. The average molecular weight is 289 g/mol. The minimum atomic E-state index is -0.620. The predicted molar refractivity (Wildman–Crippen MR) is 85.4 cm³/mol. The van der Waals surface area contributed by atoms with E-state index in [0.29, 0.717) is 6.54 Å². The second-order valence-electron chi connectivity index (χ2n) is 6.50. The first-order chi connectivity index (χ1) is 9.98. The van der Waals surface area contributed by atoms with Crippen molar-refractivity contribution in [3.05, 3.63) is 35.4 Å². The van der Waals surface area contributed by atoms with Crippen LogP contribution in [0.1, 0.15) is 56.7 Å². The molecule has 0 saturated carbocycles. The summed E-state index contributed by atoms with van der Waals surface area (Å²) in [5.74, 6) is -0.620. The van der Waals surface area contributed by atoms with E-state index in [1.54, 1.807) is 0 Å². The molecule has 2 unspecified atom stereocenters. The average Bonchev–Trinajstić information content (AvgIpc) is 2.48. The molecule has 0 aromatic heterocycles. The zero-order chi connectivity index (χ0) is 15.5. The quantitative estimate of drug-likeness (QED) is 0.890. The molecule has 1 aromatic rings. The topological polar surface area (TPSA) is 40.5 Å². The van der Waals surface area contributed by atoms with E-state index in [1.807, 2.05) is 0 Å². The van der Waals surface area contributed by atoms with Gasteiger partial charge in [0.2, 0.25) is 0 Å². The van der Waals surface area contributed by atoms with Crippen LogP contribution in [0.2, 0.25) is 0 Å². The summed E-state index contributed by atoms with van der Waals surface area (Å²) in [5.41, 5.74) is 1.99. The highest BCUT2D eigenvalue weighted by Crippen LogP contribution is 2.38. The van der Waals surface area contributed by atoms with E-state index in [4.69, 9.17) is 0 Å². The normalized spacial score (nSPS) is 24.7. The van der Waals surface area contributed by atoms with E-state index >= 15 is 0 Å². The second kappa shape index (κ2) is 6.61. The van der Waals surface area contributed by atoms with Crippen LogP contribution in [0.5, 0.6) is 0 Å². The number of carboxylic acids is 1. The van der Waals surface area contributed by atoms with Crippen LogP contribution in [0.25, 0.3) is 0 Å². The minimum Gasteiger partial charge on any atom is -0.481 e. The van der Waals surface area contributed by atoms with Crippen molar-refractivity contribution in [2.45, 2.75) is 52.5 Å². The first-order valence-corrected chi connectivity index (χ1v) is 8.02. The Hall–Kier alpha value is -1.35. The van der Waals surface area contributed by atoms with E-state index in [9.17, 15) is 9.90 Å². The van der Waals surface area contributed by atoms with Gasteiger partial charge >= 0.3 is 5.97 Å². The Morgan fingerprint density at radius 3 is 2.62 bits per heavy atom. The van der Waals surface area contributed by atoms with E-state index in [2.05, 4.69) is 49.9 Å². The molecule has 1 fully saturated rings. The van der Waals surface area contributed by atoms with Gasteiger partial charge < -0.3 is 5.11 Å². The number of carbonyl (C=O) groups is 1. The fraction of sp³-hybridized carbons (Fsp3) is 0.611. The number of hydrogen-bond donors (Lipinski definition) is 1. The molecule has 1 N–H and O–H groups in total. The van der Waals surface area contributed by atoms with Gasteiger partial charge in [-0.2, -0.15) is 0 Å². The van der Waals surface area contributed by atoms with Gasteiger partial charge in [0.15, 0.2) is 0 Å². The van der Waals surface area contributed by atoms with Gasteiger partial charge in [0.1, 0.15) is 0 Å². The highest BCUT2D eigenvalue weighted by atomic mass is 16.4. The molecule has 0 bridgehead atoms. The SMILES string of the molecule is CCCC1(C(=O)O)CCCN(C(C)c2ccc(C)cc2)C1. The van der Waals surface area contributed by atoms with Crippen molar-refractivity contribution in [1.29, 1.82) is 0 Å². The van der Waals surface area contributed by atoms with Crippen LogP contribution in [0.15, 0.2) is 24.3 Å². The summed E-state index contributed by atoms with van der Waals surface area (Å²) >= 11 is 0. The van der Waals surface area contributed by atoms with Crippen molar-refractivity contribution in [2.75, 3.05) is 13.1 Å². The van der Waals surface area contributed by atoms with Crippen LogP contribution in [0, 0.1) is 12.3 Å². The number of rotatable bonds is 5. The molecule has 21 heavy (non-hydrogen) atoms. The number of piperidine rings is 1. The van der Waals surface area contributed by atoms with Gasteiger partial charge in [0.25, 0.3) is 0 Å². The molecule has 1 aliphatic rings. The fourth-order valence-electron chi connectivity index (χ4n) is 3.52. The number of hydrogen-bond acceptors (Lipinski definition) is 2. The maximum absolute atomic E-state index is 11.8. The zero-order valence-corrected chi connectivity index (χ0v) is 13.4. The number of likely N-dealkylation sites (tertiary alicyclic amines) is 1. The van der Waals surface area contributed by atoms with E-state index in [1.165, 1.54) is 11.1 Å². The summed E-state index contributed by atoms with van der Waals surface area (Å²) in [7, 11) is 0. The largest absolute Gasteiger partial charge is 0.481 e. The van der Waals surface area contributed by atoms with Gasteiger partial charge in [-0.3, -0.25) is 9.69 Å². The summed E-state index contributed by atoms with van der Waals surface area (Å²) in [6.45, 7) is 8.02. The maximum atomic E-state index is 11.8. The molecule has 116 valence electrons. The van der Waals surface area contributed by atoms with E-state index in [-0.39, 0.29) is 6.04 Å². The highest BCUT2D eigenvalue weighted by Gasteiger charge is 2.42. The predicted octanol–water partition coefficient (Wildman–Crippen LogP) is 4.02. The smallest absolute Gasteiger partial charge is 0.310 e.